The van der Waals surface area contributed by atoms with E-state index in [-0.39, 0.29) is 18.9 Å². The molecule has 0 spiro atoms. The van der Waals surface area contributed by atoms with Gasteiger partial charge in [-0.25, -0.2) is 4.79 Å². The van der Waals surface area contributed by atoms with Crippen molar-refractivity contribution in [3.8, 4) is 5.75 Å². The average molecular weight is 406 g/mol. The first-order valence-electron chi connectivity index (χ1n) is 8.41. The highest BCUT2D eigenvalue weighted by Crippen LogP contribution is 2.39. The normalized spacial score (nSPS) is 20.8. The van der Waals surface area contributed by atoms with Crippen LogP contribution in [0.25, 0.3) is 0 Å². The van der Waals surface area contributed by atoms with Crippen molar-refractivity contribution in [2.45, 2.75) is 19.0 Å². The lowest BCUT2D eigenvalue weighted by Crippen LogP contribution is -2.72. The average Bonchev–Trinajstić information content (AvgIpc) is 2.68. The van der Waals surface area contributed by atoms with Crippen molar-refractivity contribution in [3.63, 3.8) is 0 Å². The Kier molecular flexibility index (Phi) is 5.88. The van der Waals surface area contributed by atoms with Crippen molar-refractivity contribution in [3.05, 3.63) is 40.9 Å². The van der Waals surface area contributed by atoms with Crippen molar-refractivity contribution in [2.24, 2.45) is 0 Å². The molecule has 2 N–H and O–H groups in total. The largest absolute Gasteiger partial charge is 0.484 e. The second-order valence-corrected chi connectivity index (χ2v) is 7.21. The SMILES string of the molecule is CC(=O)OCC1=C(C(=O)O)N2C(=O)[C@H](NC(=O)COc3ccccc3)[C@@H]2CS1. The molecule has 0 bridgehead atoms. The van der Waals surface area contributed by atoms with Crippen LogP contribution < -0.4 is 10.1 Å². The first-order valence-corrected chi connectivity index (χ1v) is 9.40. The van der Waals surface area contributed by atoms with E-state index < -0.39 is 35.8 Å². The number of hydrogen-bond acceptors (Lipinski definition) is 7. The molecule has 0 unspecified atom stereocenters. The zero-order valence-corrected chi connectivity index (χ0v) is 15.7. The third-order valence-electron chi connectivity index (χ3n) is 4.19. The molecule has 2 aliphatic rings. The van der Waals surface area contributed by atoms with Crippen LogP contribution in [0.15, 0.2) is 40.9 Å². The lowest BCUT2D eigenvalue weighted by atomic mass is 9.94. The number of nitrogens with zero attached hydrogens (tertiary/aromatic N) is 1. The minimum Gasteiger partial charge on any atom is -0.484 e. The minimum absolute atomic E-state index is 0.208. The number of rotatable bonds is 7. The third-order valence-corrected chi connectivity index (χ3v) is 5.36. The minimum atomic E-state index is -1.29. The Labute approximate surface area is 164 Å². The number of carboxylic acid groups (broad SMARTS) is 1. The number of carbonyl (C=O) groups is 4. The molecule has 1 saturated heterocycles. The molecule has 0 saturated carbocycles. The summed E-state index contributed by atoms with van der Waals surface area (Å²) in [5, 5.41) is 12.1. The molecular formula is C18H18N2O7S. The number of carboxylic acids is 1. The van der Waals surface area contributed by atoms with E-state index in [1.165, 1.54) is 18.7 Å². The van der Waals surface area contributed by atoms with Gasteiger partial charge in [0.25, 0.3) is 11.8 Å². The Morgan fingerprint density at radius 3 is 2.64 bits per heavy atom. The van der Waals surface area contributed by atoms with E-state index in [0.29, 0.717) is 16.4 Å². The smallest absolute Gasteiger partial charge is 0.353 e. The highest BCUT2D eigenvalue weighted by molar-refractivity contribution is 8.03. The molecule has 148 valence electrons. The fraction of sp³-hybridized carbons (Fsp3) is 0.333. The van der Waals surface area contributed by atoms with Gasteiger partial charge in [-0.1, -0.05) is 18.2 Å². The van der Waals surface area contributed by atoms with Gasteiger partial charge in [0, 0.05) is 12.7 Å². The number of aliphatic carboxylic acids is 1. The molecular weight excluding hydrogens is 388 g/mol. The van der Waals surface area contributed by atoms with Gasteiger partial charge in [-0.2, -0.15) is 0 Å². The molecule has 2 atom stereocenters. The van der Waals surface area contributed by atoms with Gasteiger partial charge < -0.3 is 19.9 Å². The molecule has 9 nitrogen and oxygen atoms in total. The van der Waals surface area contributed by atoms with Gasteiger partial charge in [-0.3, -0.25) is 19.3 Å². The van der Waals surface area contributed by atoms with E-state index in [9.17, 15) is 24.3 Å². The van der Waals surface area contributed by atoms with E-state index in [2.05, 4.69) is 5.32 Å². The summed E-state index contributed by atoms with van der Waals surface area (Å²) in [6.45, 7) is 0.752. The number of nitrogens with one attached hydrogen (secondary N) is 1. The maximum Gasteiger partial charge on any atom is 0.353 e. The fourth-order valence-corrected chi connectivity index (χ4v) is 4.10. The van der Waals surface area contributed by atoms with E-state index in [0.717, 1.165) is 4.90 Å². The molecule has 1 aromatic rings. The number of fused-ring (bicyclic) bond motifs is 1. The van der Waals surface area contributed by atoms with Gasteiger partial charge in [0.15, 0.2) is 6.61 Å². The van der Waals surface area contributed by atoms with Crippen molar-refractivity contribution >= 4 is 35.5 Å². The molecule has 0 aliphatic carbocycles. The quantitative estimate of drug-likeness (QED) is 0.492. The Balaban J connectivity index is 1.62. The maximum absolute atomic E-state index is 12.5. The second kappa shape index (κ2) is 8.34. The maximum atomic E-state index is 12.5. The number of esters is 1. The van der Waals surface area contributed by atoms with Crippen molar-refractivity contribution < 1.29 is 33.8 Å². The summed E-state index contributed by atoms with van der Waals surface area (Å²) >= 11 is 1.19. The van der Waals surface area contributed by atoms with Gasteiger partial charge in [0.2, 0.25) is 0 Å². The predicted octanol–water partition coefficient (Wildman–Crippen LogP) is 0.367. The fourth-order valence-electron chi connectivity index (χ4n) is 2.92. The summed E-state index contributed by atoms with van der Waals surface area (Å²) in [6.07, 6.45) is 0. The molecule has 0 radical (unpaired) electrons. The number of hydrogen-bond donors (Lipinski definition) is 2. The number of thioether (sulfide) groups is 1. The molecule has 10 heteroatoms. The van der Waals surface area contributed by atoms with Crippen LogP contribution in [0.1, 0.15) is 6.92 Å². The monoisotopic (exact) mass is 406 g/mol. The van der Waals surface area contributed by atoms with Gasteiger partial charge in [-0.15, -0.1) is 11.8 Å². The third kappa shape index (κ3) is 4.11. The van der Waals surface area contributed by atoms with Crippen molar-refractivity contribution in [1.29, 1.82) is 0 Å². The lowest BCUT2D eigenvalue weighted by molar-refractivity contribution is -0.154. The van der Waals surface area contributed by atoms with Gasteiger partial charge in [0.1, 0.15) is 24.1 Å². The first kappa shape index (κ1) is 19.7. The van der Waals surface area contributed by atoms with E-state index in [1.54, 1.807) is 24.3 Å². The van der Waals surface area contributed by atoms with Gasteiger partial charge in [-0.05, 0) is 12.1 Å². The van der Waals surface area contributed by atoms with E-state index in [1.807, 2.05) is 6.07 Å². The predicted molar refractivity (Wildman–Crippen MR) is 98.3 cm³/mol. The van der Waals surface area contributed by atoms with Crippen molar-refractivity contribution in [2.75, 3.05) is 19.0 Å². The molecule has 28 heavy (non-hydrogen) atoms. The number of carbonyl (C=O) groups excluding carboxylic acids is 3. The Hall–Kier alpha value is -3.01. The topological polar surface area (TPSA) is 122 Å². The molecule has 2 heterocycles. The van der Waals surface area contributed by atoms with E-state index in [4.69, 9.17) is 9.47 Å². The Bertz CT molecular complexity index is 840. The van der Waals surface area contributed by atoms with Gasteiger partial charge in [0.05, 0.1) is 10.9 Å². The summed E-state index contributed by atoms with van der Waals surface area (Å²) < 4.78 is 10.2. The van der Waals surface area contributed by atoms with Crippen molar-refractivity contribution in [1.82, 2.24) is 10.2 Å². The first-order chi connectivity index (χ1) is 13.4. The van der Waals surface area contributed by atoms with Crippen LogP contribution in [0.3, 0.4) is 0 Å². The second-order valence-electron chi connectivity index (χ2n) is 6.09. The zero-order valence-electron chi connectivity index (χ0n) is 14.9. The molecule has 3 rings (SSSR count). The van der Waals surface area contributed by atoms with Crippen LogP contribution in [0.5, 0.6) is 5.75 Å². The Morgan fingerprint density at radius 1 is 1.29 bits per heavy atom. The highest BCUT2D eigenvalue weighted by atomic mass is 32.2. The number of benzene rings is 1. The molecule has 2 amide bonds. The molecule has 2 aliphatic heterocycles. The zero-order chi connectivity index (χ0) is 20.3. The van der Waals surface area contributed by atoms with Crippen LogP contribution >= 0.6 is 11.8 Å². The van der Waals surface area contributed by atoms with Crippen LogP contribution in [0.2, 0.25) is 0 Å². The number of para-hydroxylation sites is 1. The molecule has 0 aromatic heterocycles. The van der Waals surface area contributed by atoms with E-state index >= 15 is 0 Å². The number of ether oxygens (including phenoxy) is 2. The van der Waals surface area contributed by atoms with Crippen LogP contribution in [-0.4, -0.2) is 64.8 Å². The standard InChI is InChI=1S/C18H18N2O7S/c1-10(21)26-7-13-16(18(24)25)20-12(9-28-13)15(17(20)23)19-14(22)8-27-11-5-3-2-4-6-11/h2-6,12,15H,7-9H2,1H3,(H,19,22)(H,24,25)/t12-,15+/m0/s1. The van der Waals surface area contributed by atoms with Gasteiger partial charge >= 0.3 is 11.9 Å². The summed E-state index contributed by atoms with van der Waals surface area (Å²) in [5.41, 5.74) is -0.210. The summed E-state index contributed by atoms with van der Waals surface area (Å²) in [5.74, 6) is -1.92. The molecule has 1 fully saturated rings. The summed E-state index contributed by atoms with van der Waals surface area (Å²) in [6, 6.07) is 7.47. The van der Waals surface area contributed by atoms with Crippen LogP contribution in [0, 0.1) is 0 Å². The number of amides is 2. The molecule has 1 aromatic carbocycles. The number of β-lactam (4-membered cyclic amide) rings is 1. The Morgan fingerprint density at radius 2 is 2.00 bits per heavy atom. The summed E-state index contributed by atoms with van der Waals surface area (Å²) in [4.78, 5) is 48.6. The highest BCUT2D eigenvalue weighted by Gasteiger charge is 2.53. The van der Waals surface area contributed by atoms with Crippen LogP contribution in [-0.2, 0) is 23.9 Å². The summed E-state index contributed by atoms with van der Waals surface area (Å²) in [7, 11) is 0. The van der Waals surface area contributed by atoms with Crippen LogP contribution in [0.4, 0.5) is 0 Å². The lowest BCUT2D eigenvalue weighted by Gasteiger charge is -2.49.